The van der Waals surface area contributed by atoms with Gasteiger partial charge in [0.05, 0.1) is 22.9 Å². The summed E-state index contributed by atoms with van der Waals surface area (Å²) in [5.74, 6) is -0.422. The average Bonchev–Trinajstić information content (AvgIpc) is 2.74. The van der Waals surface area contributed by atoms with Gasteiger partial charge < -0.3 is 15.8 Å². The quantitative estimate of drug-likeness (QED) is 0.880. The Morgan fingerprint density at radius 1 is 1.50 bits per heavy atom. The van der Waals surface area contributed by atoms with E-state index in [1.54, 1.807) is 6.07 Å². The van der Waals surface area contributed by atoms with Crippen LogP contribution in [0.3, 0.4) is 0 Å². The van der Waals surface area contributed by atoms with E-state index in [0.717, 1.165) is 12.8 Å². The fourth-order valence-electron chi connectivity index (χ4n) is 2.17. The zero-order chi connectivity index (χ0) is 13.1. The molecule has 1 aromatic carbocycles. The van der Waals surface area contributed by atoms with Crippen LogP contribution in [0, 0.1) is 0 Å². The molecule has 1 amide bonds. The van der Waals surface area contributed by atoms with E-state index in [2.05, 4.69) is 5.32 Å². The zero-order valence-electron chi connectivity index (χ0n) is 10.2. The first-order chi connectivity index (χ1) is 8.58. The van der Waals surface area contributed by atoms with Crippen molar-refractivity contribution in [3.05, 3.63) is 29.3 Å². The molecule has 3 N–H and O–H groups in total. The second kappa shape index (κ2) is 5.59. The number of hydrogen-bond acceptors (Lipinski definition) is 3. The first-order valence-electron chi connectivity index (χ1n) is 6.04. The number of halogens is 1. The lowest BCUT2D eigenvalue weighted by atomic mass is 10.1. The average molecular weight is 269 g/mol. The van der Waals surface area contributed by atoms with E-state index < -0.39 is 11.9 Å². The monoisotopic (exact) mass is 268 g/mol. The Labute approximate surface area is 111 Å². The van der Waals surface area contributed by atoms with Gasteiger partial charge in [-0.05, 0) is 31.9 Å². The smallest absolute Gasteiger partial charge is 0.242 e. The molecule has 18 heavy (non-hydrogen) atoms. The first kappa shape index (κ1) is 13.2. The van der Waals surface area contributed by atoms with Crippen LogP contribution in [0.4, 0.5) is 5.69 Å². The van der Waals surface area contributed by atoms with E-state index in [-0.39, 0.29) is 12.2 Å². The molecule has 5 heteroatoms. The summed E-state index contributed by atoms with van der Waals surface area (Å²) in [6.07, 6.45) is 1.75. The van der Waals surface area contributed by atoms with Gasteiger partial charge in [0.15, 0.2) is 0 Å². The van der Waals surface area contributed by atoms with Crippen LogP contribution in [0.5, 0.6) is 0 Å². The van der Waals surface area contributed by atoms with Crippen molar-refractivity contribution in [3.63, 3.8) is 0 Å². The van der Waals surface area contributed by atoms with E-state index in [9.17, 15) is 4.79 Å². The molecule has 1 heterocycles. The Balaban J connectivity index is 2.12. The Bertz CT molecular complexity index is 439. The van der Waals surface area contributed by atoms with Crippen LogP contribution >= 0.6 is 11.6 Å². The second-order valence-electron chi connectivity index (χ2n) is 4.57. The number of primary amides is 1. The van der Waals surface area contributed by atoms with Gasteiger partial charge in [-0.3, -0.25) is 4.79 Å². The Kier molecular flexibility index (Phi) is 4.09. The summed E-state index contributed by atoms with van der Waals surface area (Å²) in [6, 6.07) is 6.72. The number of carbonyl (C=O) groups excluding carboxylic acids is 1. The molecule has 1 aliphatic heterocycles. The van der Waals surface area contributed by atoms with Crippen molar-refractivity contribution in [1.29, 1.82) is 0 Å². The van der Waals surface area contributed by atoms with E-state index in [1.807, 2.05) is 25.1 Å². The minimum absolute atomic E-state index is 0.171. The maximum Gasteiger partial charge on any atom is 0.242 e. The summed E-state index contributed by atoms with van der Waals surface area (Å²) in [4.78, 5) is 11.5. The molecule has 1 aliphatic rings. The number of nitrogens with two attached hydrogens (primary N) is 1. The lowest BCUT2D eigenvalue weighted by molar-refractivity contribution is -0.121. The van der Waals surface area contributed by atoms with Crippen molar-refractivity contribution >= 4 is 23.2 Å². The van der Waals surface area contributed by atoms with Crippen LogP contribution < -0.4 is 11.1 Å². The van der Waals surface area contributed by atoms with Gasteiger partial charge in [-0.25, -0.2) is 0 Å². The third-order valence-electron chi connectivity index (χ3n) is 3.13. The predicted molar refractivity (Wildman–Crippen MR) is 71.6 cm³/mol. The van der Waals surface area contributed by atoms with Gasteiger partial charge in [-0.15, -0.1) is 0 Å². The van der Waals surface area contributed by atoms with E-state index in [1.165, 1.54) is 0 Å². The van der Waals surface area contributed by atoms with Crippen molar-refractivity contribution in [2.24, 2.45) is 5.73 Å². The van der Waals surface area contributed by atoms with Gasteiger partial charge in [0.25, 0.3) is 0 Å². The van der Waals surface area contributed by atoms with E-state index >= 15 is 0 Å². The number of amides is 1. The van der Waals surface area contributed by atoms with Gasteiger partial charge in [0, 0.05) is 0 Å². The van der Waals surface area contributed by atoms with Crippen LogP contribution in [0.1, 0.15) is 19.8 Å². The Hall–Kier alpha value is -1.26. The Morgan fingerprint density at radius 2 is 2.22 bits per heavy atom. The summed E-state index contributed by atoms with van der Waals surface area (Å²) in [6.45, 7) is 1.99. The molecule has 0 saturated carbocycles. The van der Waals surface area contributed by atoms with Crippen molar-refractivity contribution in [1.82, 2.24) is 0 Å². The molecule has 98 valence electrons. The zero-order valence-corrected chi connectivity index (χ0v) is 11.0. The topological polar surface area (TPSA) is 64.3 Å². The predicted octanol–water partition coefficient (Wildman–Crippen LogP) is 2.17. The SMILES string of the molecule is CC1CCC(C(Nc2ccccc2Cl)C(N)=O)O1. The highest BCUT2D eigenvalue weighted by Crippen LogP contribution is 2.26. The number of para-hydroxylation sites is 1. The second-order valence-corrected chi connectivity index (χ2v) is 4.97. The summed E-state index contributed by atoms with van der Waals surface area (Å²) in [7, 11) is 0. The van der Waals surface area contributed by atoms with E-state index in [4.69, 9.17) is 22.1 Å². The number of benzene rings is 1. The van der Waals surface area contributed by atoms with Gasteiger partial charge in [-0.1, -0.05) is 23.7 Å². The highest BCUT2D eigenvalue weighted by Gasteiger charge is 2.33. The third-order valence-corrected chi connectivity index (χ3v) is 3.46. The highest BCUT2D eigenvalue weighted by molar-refractivity contribution is 6.33. The van der Waals surface area contributed by atoms with Gasteiger partial charge in [0.2, 0.25) is 5.91 Å². The van der Waals surface area contributed by atoms with Gasteiger partial charge in [0.1, 0.15) is 6.04 Å². The summed E-state index contributed by atoms with van der Waals surface area (Å²) in [5.41, 5.74) is 6.14. The number of hydrogen-bond donors (Lipinski definition) is 2. The standard InChI is InChI=1S/C13H17ClN2O2/c1-8-6-7-11(18-8)12(13(15)17)16-10-5-3-2-4-9(10)14/h2-5,8,11-12,16H,6-7H2,1H3,(H2,15,17). The fraction of sp³-hybridized carbons (Fsp3) is 0.462. The molecule has 3 unspecified atom stereocenters. The van der Waals surface area contributed by atoms with Crippen molar-refractivity contribution in [2.75, 3.05) is 5.32 Å². The normalized spacial score (nSPS) is 24.8. The number of ether oxygens (including phenoxy) is 1. The minimum Gasteiger partial charge on any atom is -0.373 e. The fourth-order valence-corrected chi connectivity index (χ4v) is 2.36. The summed E-state index contributed by atoms with van der Waals surface area (Å²) in [5, 5.41) is 3.64. The molecule has 2 rings (SSSR count). The van der Waals surface area contributed by atoms with Crippen molar-refractivity contribution < 1.29 is 9.53 Å². The minimum atomic E-state index is -0.546. The molecule has 3 atom stereocenters. The first-order valence-corrected chi connectivity index (χ1v) is 6.41. The number of nitrogens with one attached hydrogen (secondary N) is 1. The van der Waals surface area contributed by atoms with Crippen LogP contribution in [-0.4, -0.2) is 24.2 Å². The molecule has 4 nitrogen and oxygen atoms in total. The van der Waals surface area contributed by atoms with E-state index in [0.29, 0.717) is 10.7 Å². The molecule has 0 aromatic heterocycles. The molecule has 0 radical (unpaired) electrons. The molecular weight excluding hydrogens is 252 g/mol. The largest absolute Gasteiger partial charge is 0.373 e. The molecule has 1 saturated heterocycles. The molecule has 1 fully saturated rings. The molecule has 0 spiro atoms. The number of rotatable bonds is 4. The van der Waals surface area contributed by atoms with Crippen LogP contribution in [0.2, 0.25) is 5.02 Å². The van der Waals surface area contributed by atoms with Gasteiger partial charge in [-0.2, -0.15) is 0 Å². The molecule has 0 aliphatic carbocycles. The van der Waals surface area contributed by atoms with Gasteiger partial charge >= 0.3 is 0 Å². The summed E-state index contributed by atoms with van der Waals surface area (Å²) >= 11 is 6.05. The van der Waals surface area contributed by atoms with Crippen molar-refractivity contribution in [3.8, 4) is 0 Å². The maximum absolute atomic E-state index is 11.5. The number of carbonyl (C=O) groups is 1. The lowest BCUT2D eigenvalue weighted by Gasteiger charge is -2.23. The molecule has 1 aromatic rings. The number of anilines is 1. The lowest BCUT2D eigenvalue weighted by Crippen LogP contribution is -2.44. The third kappa shape index (κ3) is 2.94. The Morgan fingerprint density at radius 3 is 2.78 bits per heavy atom. The summed E-state index contributed by atoms with van der Waals surface area (Å²) < 4.78 is 5.69. The highest BCUT2D eigenvalue weighted by atomic mass is 35.5. The maximum atomic E-state index is 11.5. The van der Waals surface area contributed by atoms with Crippen LogP contribution in [-0.2, 0) is 9.53 Å². The van der Waals surface area contributed by atoms with Crippen LogP contribution in [0.25, 0.3) is 0 Å². The van der Waals surface area contributed by atoms with Crippen LogP contribution in [0.15, 0.2) is 24.3 Å². The molecular formula is C13H17ClN2O2. The molecule has 0 bridgehead atoms. The van der Waals surface area contributed by atoms with Crippen molar-refractivity contribution in [2.45, 2.75) is 38.0 Å².